The van der Waals surface area contributed by atoms with Gasteiger partial charge in [0, 0.05) is 16.2 Å². The van der Waals surface area contributed by atoms with E-state index in [2.05, 4.69) is 36.1 Å². The summed E-state index contributed by atoms with van der Waals surface area (Å²) in [6, 6.07) is 11.4. The summed E-state index contributed by atoms with van der Waals surface area (Å²) < 4.78 is 0. The molecule has 0 aliphatic carbocycles. The van der Waals surface area contributed by atoms with Crippen molar-refractivity contribution in [3.8, 4) is 0 Å². The Kier molecular flexibility index (Phi) is 3.66. The quantitative estimate of drug-likeness (QED) is 0.770. The molecule has 0 radical (unpaired) electrons. The summed E-state index contributed by atoms with van der Waals surface area (Å²) >= 11 is 1.43. The van der Waals surface area contributed by atoms with Crippen LogP contribution in [0.2, 0.25) is 0 Å². The second kappa shape index (κ2) is 5.50. The van der Waals surface area contributed by atoms with E-state index in [1.165, 1.54) is 11.3 Å². The number of fused-ring (bicyclic) bond motifs is 1. The lowest BCUT2D eigenvalue weighted by Crippen LogP contribution is -2.15. The maximum atomic E-state index is 12.3. The minimum atomic E-state index is -0.236. The van der Waals surface area contributed by atoms with Gasteiger partial charge in [0.2, 0.25) is 0 Å². The minimum Gasteiger partial charge on any atom is -0.296 e. The van der Waals surface area contributed by atoms with Gasteiger partial charge in [-0.05, 0) is 12.1 Å². The Bertz CT molecular complexity index is 833. The number of benzene rings is 1. The van der Waals surface area contributed by atoms with E-state index in [4.69, 9.17) is 0 Å². The van der Waals surface area contributed by atoms with Crippen LogP contribution in [0.1, 0.15) is 37.0 Å². The first-order chi connectivity index (χ1) is 10.4. The molecular formula is C17H17N3OS. The molecule has 0 aliphatic heterocycles. The van der Waals surface area contributed by atoms with E-state index >= 15 is 0 Å². The van der Waals surface area contributed by atoms with E-state index in [-0.39, 0.29) is 11.3 Å². The highest BCUT2D eigenvalue weighted by atomic mass is 32.1. The predicted molar refractivity (Wildman–Crippen MR) is 90.5 cm³/mol. The van der Waals surface area contributed by atoms with Crippen LogP contribution in [-0.4, -0.2) is 15.9 Å². The van der Waals surface area contributed by atoms with Gasteiger partial charge in [-0.2, -0.15) is 0 Å². The summed E-state index contributed by atoms with van der Waals surface area (Å²) in [4.78, 5) is 21.2. The van der Waals surface area contributed by atoms with E-state index in [1.54, 1.807) is 6.07 Å². The molecule has 0 atom stereocenters. The van der Waals surface area contributed by atoms with E-state index in [0.717, 1.165) is 16.6 Å². The fourth-order valence-electron chi connectivity index (χ4n) is 2.03. The first-order valence-corrected chi connectivity index (χ1v) is 7.94. The lowest BCUT2D eigenvalue weighted by atomic mass is 9.93. The van der Waals surface area contributed by atoms with Crippen molar-refractivity contribution in [2.24, 2.45) is 0 Å². The number of hydrogen-bond acceptors (Lipinski definition) is 4. The molecule has 3 aromatic rings. The Morgan fingerprint density at radius 2 is 1.86 bits per heavy atom. The average molecular weight is 311 g/mol. The molecule has 2 heterocycles. The molecule has 0 saturated carbocycles. The van der Waals surface area contributed by atoms with Gasteiger partial charge >= 0.3 is 0 Å². The number of pyridine rings is 1. The third kappa shape index (κ3) is 2.99. The van der Waals surface area contributed by atoms with Crippen molar-refractivity contribution in [1.29, 1.82) is 0 Å². The molecular weight excluding hydrogens is 294 g/mol. The number of thiazole rings is 1. The van der Waals surface area contributed by atoms with Crippen LogP contribution in [0.4, 0.5) is 5.13 Å². The third-order valence-electron chi connectivity index (χ3n) is 3.32. The number of rotatable bonds is 2. The van der Waals surface area contributed by atoms with Crippen molar-refractivity contribution < 1.29 is 4.79 Å². The first-order valence-electron chi connectivity index (χ1n) is 7.07. The van der Waals surface area contributed by atoms with E-state index in [9.17, 15) is 4.79 Å². The molecule has 0 spiro atoms. The summed E-state index contributed by atoms with van der Waals surface area (Å²) in [5, 5.41) is 6.42. The Hall–Kier alpha value is -2.27. The smallest absolute Gasteiger partial charge is 0.276 e. The average Bonchev–Trinajstić information content (AvgIpc) is 2.95. The third-order valence-corrected chi connectivity index (χ3v) is 4.08. The van der Waals surface area contributed by atoms with Gasteiger partial charge in [0.05, 0.1) is 11.2 Å². The van der Waals surface area contributed by atoms with Crippen LogP contribution in [0, 0.1) is 0 Å². The molecule has 0 bridgehead atoms. The number of carbonyl (C=O) groups is 1. The molecule has 2 aromatic heterocycles. The Morgan fingerprint density at radius 3 is 2.59 bits per heavy atom. The lowest BCUT2D eigenvalue weighted by molar-refractivity contribution is 0.102. The van der Waals surface area contributed by atoms with Gasteiger partial charge in [-0.1, -0.05) is 45.0 Å². The van der Waals surface area contributed by atoms with Gasteiger partial charge in [-0.3, -0.25) is 10.1 Å². The van der Waals surface area contributed by atoms with E-state index < -0.39 is 0 Å². The number of carbonyl (C=O) groups excluding carboxylic acids is 1. The van der Waals surface area contributed by atoms with Crippen LogP contribution in [0.3, 0.4) is 0 Å². The fourth-order valence-corrected chi connectivity index (χ4v) is 2.96. The number of aromatic nitrogens is 2. The van der Waals surface area contributed by atoms with Gasteiger partial charge in [0.25, 0.3) is 5.91 Å². The summed E-state index contributed by atoms with van der Waals surface area (Å²) in [6.07, 6.45) is 0. The second-order valence-corrected chi connectivity index (χ2v) is 6.99. The summed E-state index contributed by atoms with van der Waals surface area (Å²) in [6.45, 7) is 6.29. The zero-order chi connectivity index (χ0) is 15.7. The van der Waals surface area contributed by atoms with Crippen LogP contribution in [0.15, 0.2) is 41.8 Å². The van der Waals surface area contributed by atoms with Crippen molar-refractivity contribution in [3.05, 3.63) is 53.2 Å². The SMILES string of the molecule is CC(C)(C)c1csc(NC(=O)c2ccc3ccccc3n2)n1. The van der Waals surface area contributed by atoms with Crippen LogP contribution in [0.5, 0.6) is 0 Å². The standard InChI is InChI=1S/C17H17N3OS/c1-17(2,3)14-10-22-16(19-14)20-15(21)13-9-8-11-6-4-5-7-12(11)18-13/h4-10H,1-3H3,(H,19,20,21). The highest BCUT2D eigenvalue weighted by Gasteiger charge is 2.18. The molecule has 5 heteroatoms. The maximum Gasteiger partial charge on any atom is 0.276 e. The van der Waals surface area contributed by atoms with E-state index in [0.29, 0.717) is 10.8 Å². The number of para-hydroxylation sites is 1. The Labute approximate surface area is 133 Å². The molecule has 1 amide bonds. The van der Waals surface area contributed by atoms with Crippen molar-refractivity contribution in [1.82, 2.24) is 9.97 Å². The molecule has 1 aromatic carbocycles. The normalized spacial score (nSPS) is 11.6. The molecule has 22 heavy (non-hydrogen) atoms. The molecule has 112 valence electrons. The van der Waals surface area contributed by atoms with Crippen molar-refractivity contribution >= 4 is 33.3 Å². The number of amides is 1. The predicted octanol–water partition coefficient (Wildman–Crippen LogP) is 4.24. The number of anilines is 1. The van der Waals surface area contributed by atoms with Crippen LogP contribution in [-0.2, 0) is 5.41 Å². The zero-order valence-electron chi connectivity index (χ0n) is 12.8. The molecule has 1 N–H and O–H groups in total. The highest BCUT2D eigenvalue weighted by molar-refractivity contribution is 7.14. The summed E-state index contributed by atoms with van der Waals surface area (Å²) in [5.41, 5.74) is 2.15. The lowest BCUT2D eigenvalue weighted by Gasteiger charge is -2.14. The van der Waals surface area contributed by atoms with Crippen molar-refractivity contribution in [2.75, 3.05) is 5.32 Å². The Balaban J connectivity index is 1.82. The van der Waals surface area contributed by atoms with Crippen LogP contribution < -0.4 is 5.32 Å². The molecule has 0 unspecified atom stereocenters. The first kappa shape index (κ1) is 14.7. The molecule has 0 saturated heterocycles. The summed E-state index contributed by atoms with van der Waals surface area (Å²) in [5.74, 6) is -0.236. The largest absolute Gasteiger partial charge is 0.296 e. The number of nitrogens with one attached hydrogen (secondary N) is 1. The highest BCUT2D eigenvalue weighted by Crippen LogP contribution is 2.26. The topological polar surface area (TPSA) is 54.9 Å². The number of hydrogen-bond donors (Lipinski definition) is 1. The van der Waals surface area contributed by atoms with Gasteiger partial charge in [0.1, 0.15) is 5.69 Å². The van der Waals surface area contributed by atoms with Gasteiger partial charge in [-0.15, -0.1) is 11.3 Å². The van der Waals surface area contributed by atoms with Gasteiger partial charge < -0.3 is 0 Å². The molecule has 4 nitrogen and oxygen atoms in total. The Morgan fingerprint density at radius 1 is 1.09 bits per heavy atom. The number of nitrogens with zero attached hydrogens (tertiary/aromatic N) is 2. The second-order valence-electron chi connectivity index (χ2n) is 6.13. The molecule has 3 rings (SSSR count). The van der Waals surface area contributed by atoms with E-state index in [1.807, 2.05) is 35.7 Å². The van der Waals surface area contributed by atoms with Gasteiger partial charge in [0.15, 0.2) is 5.13 Å². The van der Waals surface area contributed by atoms with Crippen LogP contribution in [0.25, 0.3) is 10.9 Å². The molecule has 0 fully saturated rings. The fraction of sp³-hybridized carbons (Fsp3) is 0.235. The van der Waals surface area contributed by atoms with Crippen molar-refractivity contribution in [2.45, 2.75) is 26.2 Å². The molecule has 0 aliphatic rings. The van der Waals surface area contributed by atoms with Crippen LogP contribution >= 0.6 is 11.3 Å². The van der Waals surface area contributed by atoms with Gasteiger partial charge in [-0.25, -0.2) is 9.97 Å². The maximum absolute atomic E-state index is 12.3. The van der Waals surface area contributed by atoms with Crippen molar-refractivity contribution in [3.63, 3.8) is 0 Å². The monoisotopic (exact) mass is 311 g/mol. The summed E-state index contributed by atoms with van der Waals surface area (Å²) in [7, 11) is 0. The zero-order valence-corrected chi connectivity index (χ0v) is 13.6. The minimum absolute atomic E-state index is 0.0271.